The number of ether oxygens (including phenoxy) is 1. The Kier molecular flexibility index (Phi) is 6.89. The zero-order valence-electron chi connectivity index (χ0n) is 17.5. The number of nitrogens with zero attached hydrogens (tertiary/aromatic N) is 3. The van der Waals surface area contributed by atoms with Crippen LogP contribution in [0.3, 0.4) is 0 Å². The van der Waals surface area contributed by atoms with Crippen molar-refractivity contribution in [2.75, 3.05) is 37.5 Å². The van der Waals surface area contributed by atoms with Crippen LogP contribution in [0.1, 0.15) is 36.9 Å². The van der Waals surface area contributed by atoms with Gasteiger partial charge in [-0.05, 0) is 62.0 Å². The van der Waals surface area contributed by atoms with Gasteiger partial charge in [-0.2, -0.15) is 0 Å². The van der Waals surface area contributed by atoms with Crippen molar-refractivity contribution in [3.63, 3.8) is 0 Å². The second-order valence-electron chi connectivity index (χ2n) is 8.00. The van der Waals surface area contributed by atoms with Crippen LogP contribution in [0.15, 0.2) is 29.3 Å². The van der Waals surface area contributed by atoms with E-state index in [0.29, 0.717) is 32.5 Å². The van der Waals surface area contributed by atoms with Gasteiger partial charge in [-0.3, -0.25) is 9.78 Å². The maximum atomic E-state index is 11.4. The Bertz CT molecular complexity index is 897. The maximum absolute atomic E-state index is 11.4. The predicted molar refractivity (Wildman–Crippen MR) is 119 cm³/mol. The number of methoxy groups -OCH3 is 1. The minimum Gasteiger partial charge on any atom is -0.481 e. The van der Waals surface area contributed by atoms with Gasteiger partial charge in [-0.1, -0.05) is 6.07 Å². The van der Waals surface area contributed by atoms with Gasteiger partial charge in [0.25, 0.3) is 0 Å². The van der Waals surface area contributed by atoms with Crippen LogP contribution in [0.5, 0.6) is 0 Å². The van der Waals surface area contributed by atoms with Gasteiger partial charge in [0.1, 0.15) is 5.69 Å². The molecule has 0 bridgehead atoms. The standard InChI is InChI=1S/C23H29N3O3S/c1-29-12-2-5-19-15-24-21(18-6-7-20-17(14-18)4-3-13-30-20)22(25-19)26-10-8-16(9-11-26)23(27)28/h6-7,14-16H,2-5,8-13H2,1H3,(H,27,28). The van der Waals surface area contributed by atoms with Crippen LogP contribution in [0.25, 0.3) is 11.3 Å². The lowest BCUT2D eigenvalue weighted by Crippen LogP contribution is -2.37. The van der Waals surface area contributed by atoms with Crippen LogP contribution >= 0.6 is 11.8 Å². The van der Waals surface area contributed by atoms with Gasteiger partial charge < -0.3 is 14.7 Å². The molecule has 1 N–H and O–H groups in total. The quantitative estimate of drug-likeness (QED) is 0.668. The molecule has 0 unspecified atom stereocenters. The van der Waals surface area contributed by atoms with E-state index in [0.717, 1.165) is 42.0 Å². The Morgan fingerprint density at radius 3 is 2.93 bits per heavy atom. The fourth-order valence-corrected chi connectivity index (χ4v) is 5.22. The molecule has 7 heteroatoms. The Hall–Kier alpha value is -2.12. The predicted octanol–water partition coefficient (Wildman–Crippen LogP) is 4.06. The van der Waals surface area contributed by atoms with Crippen molar-refractivity contribution in [1.29, 1.82) is 0 Å². The van der Waals surface area contributed by atoms with E-state index >= 15 is 0 Å². The number of aromatic nitrogens is 2. The highest BCUT2D eigenvalue weighted by Gasteiger charge is 2.27. The Labute approximate surface area is 182 Å². The fraction of sp³-hybridized carbons (Fsp3) is 0.522. The van der Waals surface area contributed by atoms with Crippen molar-refractivity contribution in [3.8, 4) is 11.3 Å². The van der Waals surface area contributed by atoms with E-state index in [-0.39, 0.29) is 5.92 Å². The van der Waals surface area contributed by atoms with E-state index in [1.165, 1.54) is 22.6 Å². The molecule has 1 aromatic carbocycles. The highest BCUT2D eigenvalue weighted by molar-refractivity contribution is 7.99. The molecule has 0 saturated carbocycles. The summed E-state index contributed by atoms with van der Waals surface area (Å²) in [6.07, 6.45) is 7.21. The molecule has 1 fully saturated rings. The minimum absolute atomic E-state index is 0.261. The number of hydrogen-bond donors (Lipinski definition) is 1. The molecule has 0 spiro atoms. The van der Waals surface area contributed by atoms with E-state index in [1.807, 2.05) is 18.0 Å². The minimum atomic E-state index is -0.693. The lowest BCUT2D eigenvalue weighted by Gasteiger charge is -2.32. The third-order valence-corrected chi connectivity index (χ3v) is 7.11. The van der Waals surface area contributed by atoms with E-state index in [2.05, 4.69) is 23.1 Å². The highest BCUT2D eigenvalue weighted by atomic mass is 32.2. The zero-order valence-corrected chi connectivity index (χ0v) is 18.3. The number of fused-ring (bicyclic) bond motifs is 1. The molecule has 2 aliphatic rings. The first-order valence-electron chi connectivity index (χ1n) is 10.7. The van der Waals surface area contributed by atoms with Gasteiger partial charge in [0.15, 0.2) is 5.82 Å². The average molecular weight is 428 g/mol. The number of rotatable bonds is 7. The molecule has 2 aliphatic heterocycles. The summed E-state index contributed by atoms with van der Waals surface area (Å²) in [5.41, 5.74) is 4.35. The van der Waals surface area contributed by atoms with Crippen LogP contribution in [-0.4, -0.2) is 53.6 Å². The lowest BCUT2D eigenvalue weighted by molar-refractivity contribution is -0.142. The summed E-state index contributed by atoms with van der Waals surface area (Å²) in [6, 6.07) is 6.63. The molecule has 1 aromatic heterocycles. The number of carbonyl (C=O) groups is 1. The summed E-state index contributed by atoms with van der Waals surface area (Å²) in [5.74, 6) is 1.12. The molecule has 30 heavy (non-hydrogen) atoms. The van der Waals surface area contributed by atoms with Crippen molar-refractivity contribution < 1.29 is 14.6 Å². The molecule has 0 atom stereocenters. The third-order valence-electron chi connectivity index (χ3n) is 5.91. The number of piperidine rings is 1. The van der Waals surface area contributed by atoms with Gasteiger partial charge in [-0.25, -0.2) is 4.98 Å². The van der Waals surface area contributed by atoms with E-state index in [9.17, 15) is 9.90 Å². The zero-order chi connectivity index (χ0) is 20.9. The van der Waals surface area contributed by atoms with Gasteiger partial charge >= 0.3 is 5.97 Å². The third kappa shape index (κ3) is 4.78. The van der Waals surface area contributed by atoms with Crippen molar-refractivity contribution in [2.45, 2.75) is 43.4 Å². The lowest BCUT2D eigenvalue weighted by atomic mass is 9.96. The number of anilines is 1. The smallest absolute Gasteiger partial charge is 0.306 e. The second-order valence-corrected chi connectivity index (χ2v) is 9.14. The normalized spacial score (nSPS) is 17.0. The molecule has 3 heterocycles. The molecule has 0 radical (unpaired) electrons. The van der Waals surface area contributed by atoms with E-state index < -0.39 is 5.97 Å². The van der Waals surface area contributed by atoms with Crippen molar-refractivity contribution in [3.05, 3.63) is 35.7 Å². The van der Waals surface area contributed by atoms with Crippen molar-refractivity contribution in [2.24, 2.45) is 5.92 Å². The molecule has 4 rings (SSSR count). The number of carboxylic acids is 1. The molecule has 0 amide bonds. The molecular formula is C23H29N3O3S. The van der Waals surface area contributed by atoms with Crippen LogP contribution in [-0.2, 0) is 22.4 Å². The fourth-order valence-electron chi connectivity index (χ4n) is 4.20. The van der Waals surface area contributed by atoms with Crippen LogP contribution in [0, 0.1) is 5.92 Å². The summed E-state index contributed by atoms with van der Waals surface area (Å²) >= 11 is 1.93. The van der Waals surface area contributed by atoms with Gasteiger partial charge in [-0.15, -0.1) is 11.8 Å². The molecule has 6 nitrogen and oxygen atoms in total. The number of aliphatic carboxylic acids is 1. The second kappa shape index (κ2) is 9.79. The van der Waals surface area contributed by atoms with Crippen molar-refractivity contribution >= 4 is 23.5 Å². The first-order valence-corrected chi connectivity index (χ1v) is 11.7. The summed E-state index contributed by atoms with van der Waals surface area (Å²) < 4.78 is 5.17. The number of carboxylic acid groups (broad SMARTS) is 1. The average Bonchev–Trinajstić information content (AvgIpc) is 2.79. The summed E-state index contributed by atoms with van der Waals surface area (Å²) in [5, 5.41) is 9.34. The summed E-state index contributed by atoms with van der Waals surface area (Å²) in [6.45, 7) is 2.09. The highest BCUT2D eigenvalue weighted by Crippen LogP contribution is 2.36. The topological polar surface area (TPSA) is 75.5 Å². The van der Waals surface area contributed by atoms with Gasteiger partial charge in [0.2, 0.25) is 0 Å². The summed E-state index contributed by atoms with van der Waals surface area (Å²) in [4.78, 5) is 24.8. The molecular weight excluding hydrogens is 398 g/mol. The first-order chi connectivity index (χ1) is 14.7. The first kappa shape index (κ1) is 21.1. The molecule has 2 aromatic rings. The Morgan fingerprint density at radius 1 is 1.33 bits per heavy atom. The van der Waals surface area contributed by atoms with E-state index in [4.69, 9.17) is 14.7 Å². The SMILES string of the molecule is COCCCc1cnc(-c2ccc3c(c2)CCCS3)c(N2CCC(C(=O)O)CC2)n1. The molecule has 1 saturated heterocycles. The van der Waals surface area contributed by atoms with Gasteiger partial charge in [0, 0.05) is 43.5 Å². The molecule has 160 valence electrons. The number of hydrogen-bond acceptors (Lipinski definition) is 6. The Morgan fingerprint density at radius 2 is 2.17 bits per heavy atom. The largest absolute Gasteiger partial charge is 0.481 e. The monoisotopic (exact) mass is 427 g/mol. The number of thioether (sulfide) groups is 1. The van der Waals surface area contributed by atoms with Crippen molar-refractivity contribution in [1.82, 2.24) is 9.97 Å². The van der Waals surface area contributed by atoms with Crippen LogP contribution < -0.4 is 4.90 Å². The van der Waals surface area contributed by atoms with E-state index in [1.54, 1.807) is 7.11 Å². The molecule has 0 aliphatic carbocycles. The summed E-state index contributed by atoms with van der Waals surface area (Å²) in [7, 11) is 1.71. The number of benzene rings is 1. The Balaban J connectivity index is 1.64. The van der Waals surface area contributed by atoms with Crippen LogP contribution in [0.2, 0.25) is 0 Å². The maximum Gasteiger partial charge on any atom is 0.306 e. The van der Waals surface area contributed by atoms with Gasteiger partial charge in [0.05, 0.1) is 11.6 Å². The number of aryl methyl sites for hydroxylation is 2. The van der Waals surface area contributed by atoms with Crippen LogP contribution in [0.4, 0.5) is 5.82 Å².